The third-order valence-corrected chi connectivity index (χ3v) is 1.96. The van der Waals surface area contributed by atoms with E-state index in [1.165, 1.54) is 12.1 Å². The molecule has 0 atom stereocenters. The van der Waals surface area contributed by atoms with Crippen molar-refractivity contribution in [2.24, 2.45) is 0 Å². The fourth-order valence-electron chi connectivity index (χ4n) is 0.798. The van der Waals surface area contributed by atoms with E-state index >= 15 is 0 Å². The van der Waals surface area contributed by atoms with Crippen molar-refractivity contribution in [3.8, 4) is 11.8 Å². The van der Waals surface area contributed by atoms with Gasteiger partial charge in [-0.15, -0.1) is 13.2 Å². The molecule has 0 saturated heterocycles. The molecule has 0 aliphatic heterocycles. The van der Waals surface area contributed by atoms with Crippen molar-refractivity contribution in [1.82, 2.24) is 0 Å². The zero-order valence-electron chi connectivity index (χ0n) is 6.60. The van der Waals surface area contributed by atoms with Crippen LogP contribution in [-0.4, -0.2) is 6.36 Å². The van der Waals surface area contributed by atoms with E-state index in [1.54, 1.807) is 6.07 Å². The van der Waals surface area contributed by atoms with Crippen molar-refractivity contribution in [2.45, 2.75) is 6.36 Å². The molecule has 0 spiro atoms. The van der Waals surface area contributed by atoms with Crippen LogP contribution < -0.4 is 4.74 Å². The minimum absolute atomic E-state index is 0.136. The Balaban J connectivity index is 3.07. The summed E-state index contributed by atoms with van der Waals surface area (Å²) in [5.41, 5.74) is -0.136. The van der Waals surface area contributed by atoms with Gasteiger partial charge in [0, 0.05) is 3.57 Å². The van der Waals surface area contributed by atoms with Crippen molar-refractivity contribution in [2.75, 3.05) is 0 Å². The van der Waals surface area contributed by atoms with Crippen molar-refractivity contribution >= 4 is 22.6 Å². The van der Waals surface area contributed by atoms with Crippen LogP contribution >= 0.6 is 22.6 Å². The van der Waals surface area contributed by atoms with Crippen LogP contribution in [0, 0.1) is 14.9 Å². The zero-order chi connectivity index (χ0) is 10.8. The maximum absolute atomic E-state index is 11.9. The first-order chi connectivity index (χ1) is 6.42. The Morgan fingerprint density at radius 3 is 2.50 bits per heavy atom. The quantitative estimate of drug-likeness (QED) is 0.747. The predicted octanol–water partition coefficient (Wildman–Crippen LogP) is 3.06. The zero-order valence-corrected chi connectivity index (χ0v) is 8.76. The number of halogens is 4. The first kappa shape index (κ1) is 11.1. The standard InChI is InChI=1S/C8H3F3INO/c9-8(10,11)14-7-3-6(12)2-1-5(7)4-13/h1-3H. The highest BCUT2D eigenvalue weighted by Crippen LogP contribution is 2.27. The van der Waals surface area contributed by atoms with Crippen LogP contribution in [0.3, 0.4) is 0 Å². The molecule has 1 rings (SSSR count). The van der Waals surface area contributed by atoms with E-state index in [0.717, 1.165) is 6.07 Å². The van der Waals surface area contributed by atoms with E-state index in [1.807, 2.05) is 22.6 Å². The molecular formula is C8H3F3INO. The number of hydrogen-bond acceptors (Lipinski definition) is 2. The molecular weight excluding hydrogens is 310 g/mol. The Kier molecular flexibility index (Phi) is 3.21. The normalized spacial score (nSPS) is 10.8. The number of ether oxygens (including phenoxy) is 1. The first-order valence-electron chi connectivity index (χ1n) is 3.38. The topological polar surface area (TPSA) is 33.0 Å². The smallest absolute Gasteiger partial charge is 0.404 e. The monoisotopic (exact) mass is 313 g/mol. The fraction of sp³-hybridized carbons (Fsp3) is 0.125. The molecule has 0 N–H and O–H groups in total. The van der Waals surface area contributed by atoms with Gasteiger partial charge in [0.25, 0.3) is 0 Å². The van der Waals surface area contributed by atoms with Gasteiger partial charge >= 0.3 is 6.36 Å². The molecule has 0 radical (unpaired) electrons. The molecule has 0 heterocycles. The lowest BCUT2D eigenvalue weighted by Gasteiger charge is -2.09. The molecule has 0 aliphatic carbocycles. The molecule has 0 unspecified atom stereocenters. The highest BCUT2D eigenvalue weighted by atomic mass is 127. The van der Waals surface area contributed by atoms with Crippen LogP contribution in [-0.2, 0) is 0 Å². The Morgan fingerprint density at radius 2 is 2.00 bits per heavy atom. The number of alkyl halides is 3. The molecule has 0 saturated carbocycles. The Bertz CT molecular complexity index is 383. The largest absolute Gasteiger partial charge is 0.573 e. The second kappa shape index (κ2) is 4.04. The molecule has 6 heteroatoms. The summed E-state index contributed by atoms with van der Waals surface area (Å²) in [5, 5.41) is 8.51. The first-order valence-corrected chi connectivity index (χ1v) is 4.45. The van der Waals surface area contributed by atoms with Crippen LogP contribution in [0.2, 0.25) is 0 Å². The van der Waals surface area contributed by atoms with Crippen molar-refractivity contribution in [3.05, 3.63) is 27.3 Å². The second-order valence-electron chi connectivity index (χ2n) is 2.30. The van der Waals surface area contributed by atoms with Gasteiger partial charge in [-0.2, -0.15) is 5.26 Å². The Labute approximate surface area is 91.4 Å². The molecule has 0 fully saturated rings. The van der Waals surface area contributed by atoms with Gasteiger partial charge in [-0.3, -0.25) is 0 Å². The van der Waals surface area contributed by atoms with E-state index in [4.69, 9.17) is 5.26 Å². The van der Waals surface area contributed by atoms with E-state index in [-0.39, 0.29) is 5.56 Å². The summed E-state index contributed by atoms with van der Waals surface area (Å²) in [5.74, 6) is -0.466. The van der Waals surface area contributed by atoms with E-state index < -0.39 is 12.1 Å². The predicted molar refractivity (Wildman–Crippen MR) is 50.6 cm³/mol. The number of rotatable bonds is 1. The highest BCUT2D eigenvalue weighted by Gasteiger charge is 2.32. The minimum atomic E-state index is -4.77. The van der Waals surface area contributed by atoms with Gasteiger partial charge in [0.1, 0.15) is 11.8 Å². The van der Waals surface area contributed by atoms with Crippen LogP contribution in [0.1, 0.15) is 5.56 Å². The lowest BCUT2D eigenvalue weighted by Crippen LogP contribution is -2.17. The molecule has 2 nitrogen and oxygen atoms in total. The van der Waals surface area contributed by atoms with Gasteiger partial charge in [0.2, 0.25) is 0 Å². The molecule has 1 aromatic rings. The molecule has 0 aliphatic rings. The number of benzene rings is 1. The average molecular weight is 313 g/mol. The van der Waals surface area contributed by atoms with E-state index in [2.05, 4.69) is 4.74 Å². The maximum atomic E-state index is 11.9. The fourth-order valence-corrected chi connectivity index (χ4v) is 1.26. The third kappa shape index (κ3) is 3.06. The maximum Gasteiger partial charge on any atom is 0.573 e. The summed E-state index contributed by atoms with van der Waals surface area (Å²) >= 11 is 1.83. The van der Waals surface area contributed by atoms with Gasteiger partial charge in [0.05, 0.1) is 5.56 Å². The average Bonchev–Trinajstić information content (AvgIpc) is 2.01. The summed E-state index contributed by atoms with van der Waals surface area (Å²) in [4.78, 5) is 0. The Hall–Kier alpha value is -0.970. The van der Waals surface area contributed by atoms with E-state index in [0.29, 0.717) is 3.57 Å². The molecule has 14 heavy (non-hydrogen) atoms. The molecule has 1 aromatic carbocycles. The second-order valence-corrected chi connectivity index (χ2v) is 3.55. The lowest BCUT2D eigenvalue weighted by molar-refractivity contribution is -0.274. The summed E-state index contributed by atoms with van der Waals surface area (Å²) in [6, 6.07) is 5.59. The molecule has 74 valence electrons. The van der Waals surface area contributed by atoms with Gasteiger partial charge in [-0.25, -0.2) is 0 Å². The van der Waals surface area contributed by atoms with Gasteiger partial charge < -0.3 is 4.74 Å². The van der Waals surface area contributed by atoms with Crippen LogP contribution in [0.25, 0.3) is 0 Å². The van der Waals surface area contributed by atoms with Gasteiger partial charge in [-0.1, -0.05) is 0 Å². The van der Waals surface area contributed by atoms with Gasteiger partial charge in [-0.05, 0) is 40.8 Å². The third-order valence-electron chi connectivity index (χ3n) is 1.29. The summed E-state index contributed by atoms with van der Waals surface area (Å²) < 4.78 is 39.8. The van der Waals surface area contributed by atoms with Crippen LogP contribution in [0.5, 0.6) is 5.75 Å². The highest BCUT2D eigenvalue weighted by molar-refractivity contribution is 14.1. The summed E-state index contributed by atoms with van der Waals surface area (Å²) in [6.45, 7) is 0. The number of hydrogen-bond donors (Lipinski definition) is 0. The van der Waals surface area contributed by atoms with E-state index in [9.17, 15) is 13.2 Å². The minimum Gasteiger partial charge on any atom is -0.404 e. The van der Waals surface area contributed by atoms with Crippen molar-refractivity contribution in [3.63, 3.8) is 0 Å². The van der Waals surface area contributed by atoms with Crippen molar-refractivity contribution < 1.29 is 17.9 Å². The number of nitriles is 1. The molecule has 0 aromatic heterocycles. The molecule has 0 amide bonds. The van der Waals surface area contributed by atoms with Crippen molar-refractivity contribution in [1.29, 1.82) is 5.26 Å². The van der Waals surface area contributed by atoms with Crippen LogP contribution in [0.15, 0.2) is 18.2 Å². The number of nitrogens with zero attached hydrogens (tertiary/aromatic N) is 1. The molecule has 0 bridgehead atoms. The van der Waals surface area contributed by atoms with Crippen LogP contribution in [0.4, 0.5) is 13.2 Å². The summed E-state index contributed by atoms with van der Waals surface area (Å²) in [6.07, 6.45) is -4.77. The van der Waals surface area contributed by atoms with Gasteiger partial charge in [0.15, 0.2) is 0 Å². The SMILES string of the molecule is N#Cc1ccc(I)cc1OC(F)(F)F. The summed E-state index contributed by atoms with van der Waals surface area (Å²) in [7, 11) is 0. The Morgan fingerprint density at radius 1 is 1.36 bits per heavy atom. The lowest BCUT2D eigenvalue weighted by atomic mass is 10.2.